The lowest BCUT2D eigenvalue weighted by Gasteiger charge is -2.13. The number of hydrogen-bond donors (Lipinski definition) is 3. The van der Waals surface area contributed by atoms with E-state index in [-0.39, 0.29) is 17.7 Å². The van der Waals surface area contributed by atoms with Gasteiger partial charge in [0.1, 0.15) is 10.6 Å². The number of amides is 2. The fraction of sp³-hybridized carbons (Fsp3) is 0.167. The molecule has 0 fully saturated rings. The minimum absolute atomic E-state index is 0.0978. The van der Waals surface area contributed by atoms with Crippen LogP contribution in [0.2, 0.25) is 0 Å². The quantitative estimate of drug-likeness (QED) is 0.632. The van der Waals surface area contributed by atoms with Gasteiger partial charge in [-0.05, 0) is 24.6 Å². The number of benzene rings is 1. The van der Waals surface area contributed by atoms with Crippen molar-refractivity contribution in [2.24, 2.45) is 10.2 Å². The Morgan fingerprint density at radius 1 is 1.10 bits per heavy atom. The number of sulfonamides is 1. The van der Waals surface area contributed by atoms with E-state index < -0.39 is 26.7 Å². The lowest BCUT2D eigenvalue weighted by molar-refractivity contribution is 0.256. The number of nitrogens with zero attached hydrogens (tertiary/aromatic N) is 4. The van der Waals surface area contributed by atoms with Crippen molar-refractivity contribution >= 4 is 33.7 Å². The molecule has 13 heteroatoms. The Bertz CT molecular complexity index is 1290. The molecule has 0 atom stereocenters. The number of carbonyl (C=O) groups excluding carboxylic acids is 1. The van der Waals surface area contributed by atoms with Gasteiger partial charge < -0.3 is 14.6 Å². The summed E-state index contributed by atoms with van der Waals surface area (Å²) in [5.41, 5.74) is 2.52. The highest BCUT2D eigenvalue weighted by molar-refractivity contribution is 7.90. The smallest absolute Gasteiger partial charge is 0.335 e. The molecule has 2 amide bonds. The number of hydrogen-bond acceptors (Lipinski definition) is 10. The summed E-state index contributed by atoms with van der Waals surface area (Å²) in [5.74, 6) is -0.558. The number of phenolic OH excluding ortho intramolecular Hbond substituents is 1. The predicted molar refractivity (Wildman–Crippen MR) is 108 cm³/mol. The van der Waals surface area contributed by atoms with Crippen molar-refractivity contribution in [1.29, 1.82) is 0 Å². The van der Waals surface area contributed by atoms with Crippen LogP contribution in [0.5, 0.6) is 17.5 Å². The molecule has 0 unspecified atom stereocenters. The molecule has 2 aromatic rings. The molecule has 31 heavy (non-hydrogen) atoms. The summed E-state index contributed by atoms with van der Waals surface area (Å²) in [6.45, 7) is 1.70. The number of methoxy groups -OCH3 is 2. The van der Waals surface area contributed by atoms with Crippen LogP contribution >= 0.6 is 0 Å². The van der Waals surface area contributed by atoms with E-state index in [4.69, 9.17) is 9.47 Å². The Kier molecular flexibility index (Phi) is 4.81. The van der Waals surface area contributed by atoms with E-state index in [2.05, 4.69) is 25.5 Å². The number of anilines is 1. The number of carbonyl (C=O) groups is 1. The van der Waals surface area contributed by atoms with Crippen molar-refractivity contribution < 1.29 is 27.8 Å². The van der Waals surface area contributed by atoms with Crippen LogP contribution in [0.3, 0.4) is 0 Å². The Hall–Kier alpha value is -4.00. The third kappa shape index (κ3) is 3.54. The van der Waals surface area contributed by atoms with E-state index in [1.807, 2.05) is 4.72 Å². The number of urea groups is 1. The van der Waals surface area contributed by atoms with Gasteiger partial charge in [0, 0.05) is 11.1 Å². The molecular weight excluding hydrogens is 428 g/mol. The normalized spacial score (nSPS) is 14.1. The highest BCUT2D eigenvalue weighted by Gasteiger charge is 2.32. The maximum atomic E-state index is 12.8. The molecule has 160 valence electrons. The second kappa shape index (κ2) is 7.36. The summed E-state index contributed by atoms with van der Waals surface area (Å²) >= 11 is 0. The van der Waals surface area contributed by atoms with Crippen molar-refractivity contribution in [3.05, 3.63) is 40.7 Å². The van der Waals surface area contributed by atoms with E-state index in [1.165, 1.54) is 32.4 Å². The van der Waals surface area contributed by atoms with Crippen LogP contribution in [0.4, 0.5) is 10.7 Å². The highest BCUT2D eigenvalue weighted by atomic mass is 32.2. The van der Waals surface area contributed by atoms with E-state index in [0.717, 1.165) is 0 Å². The summed E-state index contributed by atoms with van der Waals surface area (Å²) in [6.07, 6.45) is 1.69. The predicted octanol–water partition coefficient (Wildman–Crippen LogP) is 2.26. The van der Waals surface area contributed by atoms with Gasteiger partial charge in [0.2, 0.25) is 17.7 Å². The monoisotopic (exact) mass is 444 g/mol. The summed E-state index contributed by atoms with van der Waals surface area (Å²) in [6, 6.07) is 2.94. The largest absolute Gasteiger partial charge is 0.506 e. The van der Waals surface area contributed by atoms with Crippen LogP contribution in [-0.2, 0) is 10.0 Å². The number of rotatable bonds is 5. The van der Waals surface area contributed by atoms with Crippen LogP contribution in [0, 0.1) is 0 Å². The number of fused-ring (bicyclic) bond motifs is 3. The van der Waals surface area contributed by atoms with Crippen LogP contribution in [-0.4, -0.2) is 43.7 Å². The molecule has 0 saturated heterocycles. The number of aromatic hydroxyl groups is 1. The molecule has 2 aliphatic rings. The van der Waals surface area contributed by atoms with Crippen molar-refractivity contribution in [2.75, 3.05) is 19.5 Å². The van der Waals surface area contributed by atoms with Gasteiger partial charge in [-0.3, -0.25) is 5.32 Å². The van der Waals surface area contributed by atoms with E-state index in [9.17, 15) is 18.3 Å². The molecule has 4 rings (SSSR count). The second-order valence-electron chi connectivity index (χ2n) is 6.40. The number of ether oxygens (including phenoxy) is 2. The minimum atomic E-state index is -4.45. The van der Waals surface area contributed by atoms with Crippen LogP contribution in [0.25, 0.3) is 11.6 Å². The Morgan fingerprint density at radius 3 is 2.42 bits per heavy atom. The van der Waals surface area contributed by atoms with Crippen LogP contribution < -0.4 is 19.5 Å². The Balaban J connectivity index is 1.60. The summed E-state index contributed by atoms with van der Waals surface area (Å²) in [4.78, 5) is 19.6. The van der Waals surface area contributed by atoms with Crippen molar-refractivity contribution in [1.82, 2.24) is 14.7 Å². The summed E-state index contributed by atoms with van der Waals surface area (Å²) in [5, 5.41) is 20.8. The molecule has 1 aliphatic heterocycles. The lowest BCUT2D eigenvalue weighted by atomic mass is 10.0. The molecule has 0 bridgehead atoms. The number of phenols is 1. The zero-order chi connectivity index (χ0) is 22.3. The zero-order valence-corrected chi connectivity index (χ0v) is 17.3. The third-order valence-corrected chi connectivity index (χ3v) is 5.84. The second-order valence-corrected chi connectivity index (χ2v) is 8.05. The Morgan fingerprint density at radius 2 is 1.77 bits per heavy atom. The van der Waals surface area contributed by atoms with Crippen LogP contribution in [0.1, 0.15) is 18.1 Å². The van der Waals surface area contributed by atoms with Gasteiger partial charge in [-0.2, -0.15) is 20.2 Å². The summed E-state index contributed by atoms with van der Waals surface area (Å²) in [7, 11) is -1.73. The molecule has 0 spiro atoms. The topological polar surface area (TPSA) is 164 Å². The maximum absolute atomic E-state index is 12.8. The number of allylic oxidation sites excluding steroid dienone is 2. The molecule has 1 aliphatic carbocycles. The first-order chi connectivity index (χ1) is 14.7. The molecule has 0 radical (unpaired) electrons. The molecule has 2 heterocycles. The average Bonchev–Trinajstić information content (AvgIpc) is 3.26. The molecule has 1 aromatic heterocycles. The van der Waals surface area contributed by atoms with Gasteiger partial charge in [-0.1, -0.05) is 6.07 Å². The first-order valence-corrected chi connectivity index (χ1v) is 10.2. The van der Waals surface area contributed by atoms with E-state index in [1.54, 1.807) is 13.0 Å². The third-order valence-electron chi connectivity index (χ3n) is 4.48. The standard InChI is InChI=1S/C18H16N6O6S/c1-8-14-10(23-22-8)6-9-4-5-11(16(25)15(9)14)31(27,28)24-18(26)21-17-19-12(29-2)7-13(20-17)30-3/h4-7,25H,1-3H3,(H2,19,20,21,24,26). The molecular formula is C18H16N6O6S. The van der Waals surface area contributed by atoms with Crippen molar-refractivity contribution in [2.45, 2.75) is 11.8 Å². The van der Waals surface area contributed by atoms with Gasteiger partial charge in [-0.25, -0.2) is 17.9 Å². The summed E-state index contributed by atoms with van der Waals surface area (Å²) < 4.78 is 37.3. The molecule has 1 aromatic carbocycles. The molecule has 3 N–H and O–H groups in total. The molecule has 0 saturated carbocycles. The minimum Gasteiger partial charge on any atom is -0.506 e. The first-order valence-electron chi connectivity index (χ1n) is 8.75. The lowest BCUT2D eigenvalue weighted by Crippen LogP contribution is -2.35. The SMILES string of the molecule is COc1cc(OC)nc(NC(=O)NS(=O)(=O)c2ccc3c(c2O)C2=C(C)N=NC2=C3)n1. The number of aromatic nitrogens is 2. The van der Waals surface area contributed by atoms with E-state index in [0.29, 0.717) is 28.1 Å². The van der Waals surface area contributed by atoms with Gasteiger partial charge in [0.25, 0.3) is 10.0 Å². The van der Waals surface area contributed by atoms with Gasteiger partial charge in [0.05, 0.1) is 31.7 Å². The fourth-order valence-electron chi connectivity index (χ4n) is 3.13. The average molecular weight is 444 g/mol. The number of nitrogens with one attached hydrogen (secondary N) is 2. The van der Waals surface area contributed by atoms with Gasteiger partial charge >= 0.3 is 6.03 Å². The molecule has 12 nitrogen and oxygen atoms in total. The van der Waals surface area contributed by atoms with E-state index >= 15 is 0 Å². The fourth-order valence-corrected chi connectivity index (χ4v) is 4.14. The maximum Gasteiger partial charge on any atom is 0.335 e. The zero-order valence-electron chi connectivity index (χ0n) is 16.5. The first kappa shape index (κ1) is 20.3. The van der Waals surface area contributed by atoms with Crippen molar-refractivity contribution in [3.8, 4) is 17.5 Å². The van der Waals surface area contributed by atoms with Gasteiger partial charge in [-0.15, -0.1) is 0 Å². The Labute approximate surface area is 176 Å². The number of azo groups is 1. The van der Waals surface area contributed by atoms with Crippen LogP contribution in [0.15, 0.2) is 44.7 Å². The van der Waals surface area contributed by atoms with Crippen molar-refractivity contribution in [3.63, 3.8) is 0 Å². The highest BCUT2D eigenvalue weighted by Crippen LogP contribution is 2.47. The van der Waals surface area contributed by atoms with Gasteiger partial charge in [0.15, 0.2) is 0 Å².